The van der Waals surface area contributed by atoms with Crippen molar-refractivity contribution in [3.8, 4) is 0 Å². The summed E-state index contributed by atoms with van der Waals surface area (Å²) >= 11 is 9.43. The van der Waals surface area contributed by atoms with Gasteiger partial charge in [0.25, 0.3) is 0 Å². The molecule has 1 nitrogen and oxygen atoms in total. The maximum atomic E-state index is 5.98. The Bertz CT molecular complexity index is 327. The maximum absolute atomic E-state index is 5.98. The average Bonchev–Trinajstić information content (AvgIpc) is 2.83. The second-order valence-electron chi connectivity index (χ2n) is 4.16. The number of benzene rings is 1. The van der Waals surface area contributed by atoms with Gasteiger partial charge < -0.3 is 5.73 Å². The van der Waals surface area contributed by atoms with E-state index in [4.69, 9.17) is 17.3 Å². The highest BCUT2D eigenvalue weighted by atomic mass is 79.9. The van der Waals surface area contributed by atoms with Gasteiger partial charge >= 0.3 is 0 Å². The largest absolute Gasteiger partial charge is 0.330 e. The van der Waals surface area contributed by atoms with Gasteiger partial charge in [0.2, 0.25) is 0 Å². The van der Waals surface area contributed by atoms with E-state index >= 15 is 0 Å². The van der Waals surface area contributed by atoms with Crippen molar-refractivity contribution in [1.82, 2.24) is 0 Å². The van der Waals surface area contributed by atoms with Crippen LogP contribution >= 0.6 is 27.5 Å². The standard InChI is InChI=1S/C11H13BrClN/c12-9-3-8(4-10(13)5-9)6-11(7-14)1-2-11/h3-5H,1-2,6-7,14H2. The summed E-state index contributed by atoms with van der Waals surface area (Å²) in [4.78, 5) is 0. The second-order valence-corrected chi connectivity index (χ2v) is 5.51. The van der Waals surface area contributed by atoms with Crippen LogP contribution in [0.4, 0.5) is 0 Å². The zero-order valence-corrected chi connectivity index (χ0v) is 10.2. The van der Waals surface area contributed by atoms with E-state index in [0.29, 0.717) is 5.41 Å². The summed E-state index contributed by atoms with van der Waals surface area (Å²) < 4.78 is 1.05. The molecule has 0 aromatic heterocycles. The van der Waals surface area contributed by atoms with E-state index in [1.54, 1.807) is 0 Å². The van der Waals surface area contributed by atoms with Gasteiger partial charge in [-0.1, -0.05) is 27.5 Å². The summed E-state index contributed by atoms with van der Waals surface area (Å²) in [5, 5.41) is 0.794. The molecule has 0 radical (unpaired) electrons. The van der Waals surface area contributed by atoms with Crippen LogP contribution in [0.25, 0.3) is 0 Å². The molecule has 14 heavy (non-hydrogen) atoms. The van der Waals surface area contributed by atoms with Crippen LogP contribution < -0.4 is 5.73 Å². The predicted octanol–water partition coefficient (Wildman–Crippen LogP) is 3.38. The van der Waals surface area contributed by atoms with Crippen molar-refractivity contribution in [1.29, 1.82) is 0 Å². The first kappa shape index (κ1) is 10.5. The van der Waals surface area contributed by atoms with Gasteiger partial charge in [-0.2, -0.15) is 0 Å². The van der Waals surface area contributed by atoms with Crippen molar-refractivity contribution in [3.05, 3.63) is 33.3 Å². The van der Waals surface area contributed by atoms with Gasteiger partial charge in [0.1, 0.15) is 0 Å². The first-order valence-electron chi connectivity index (χ1n) is 4.79. The third kappa shape index (κ3) is 2.30. The highest BCUT2D eigenvalue weighted by molar-refractivity contribution is 9.10. The monoisotopic (exact) mass is 273 g/mol. The molecule has 1 aromatic carbocycles. The summed E-state index contributed by atoms with van der Waals surface area (Å²) in [6.07, 6.45) is 3.57. The molecule has 0 amide bonds. The fraction of sp³-hybridized carbons (Fsp3) is 0.455. The van der Waals surface area contributed by atoms with E-state index in [1.807, 2.05) is 12.1 Å². The molecule has 0 bridgehead atoms. The lowest BCUT2D eigenvalue weighted by molar-refractivity contribution is 0.521. The molecule has 3 heteroatoms. The SMILES string of the molecule is NCC1(Cc2cc(Cl)cc(Br)c2)CC1. The van der Waals surface area contributed by atoms with Crippen molar-refractivity contribution in [2.75, 3.05) is 6.54 Å². The molecule has 76 valence electrons. The summed E-state index contributed by atoms with van der Waals surface area (Å²) in [5.74, 6) is 0. The molecule has 1 aromatic rings. The smallest absolute Gasteiger partial charge is 0.0419 e. The third-order valence-electron chi connectivity index (χ3n) is 2.89. The van der Waals surface area contributed by atoms with Crippen molar-refractivity contribution < 1.29 is 0 Å². The van der Waals surface area contributed by atoms with Crippen LogP contribution in [0.15, 0.2) is 22.7 Å². The lowest BCUT2D eigenvalue weighted by Gasteiger charge is -2.12. The Balaban J connectivity index is 2.16. The minimum atomic E-state index is 0.379. The Morgan fingerprint density at radius 2 is 2.07 bits per heavy atom. The fourth-order valence-corrected chi connectivity index (χ4v) is 2.71. The summed E-state index contributed by atoms with van der Waals surface area (Å²) in [6, 6.07) is 6.07. The van der Waals surface area contributed by atoms with Crippen molar-refractivity contribution in [2.45, 2.75) is 19.3 Å². The molecule has 0 saturated heterocycles. The van der Waals surface area contributed by atoms with Gasteiger partial charge in [-0.25, -0.2) is 0 Å². The maximum Gasteiger partial charge on any atom is 0.0419 e. The van der Waals surface area contributed by atoms with Gasteiger partial charge in [0, 0.05) is 9.50 Å². The van der Waals surface area contributed by atoms with Crippen molar-refractivity contribution in [3.63, 3.8) is 0 Å². The quantitative estimate of drug-likeness (QED) is 0.898. The molecule has 0 unspecified atom stereocenters. The Morgan fingerprint density at radius 1 is 1.36 bits per heavy atom. The molecule has 0 spiro atoms. The number of halogens is 2. The normalized spacial score (nSPS) is 18.2. The lowest BCUT2D eigenvalue weighted by Crippen LogP contribution is -2.17. The number of hydrogen-bond donors (Lipinski definition) is 1. The minimum Gasteiger partial charge on any atom is -0.330 e. The first-order chi connectivity index (χ1) is 6.63. The molecular formula is C11H13BrClN. The number of hydrogen-bond acceptors (Lipinski definition) is 1. The van der Waals surface area contributed by atoms with Crippen molar-refractivity contribution >= 4 is 27.5 Å². The summed E-state index contributed by atoms with van der Waals surface area (Å²) in [6.45, 7) is 0.789. The third-order valence-corrected chi connectivity index (χ3v) is 3.57. The van der Waals surface area contributed by atoms with E-state index in [-0.39, 0.29) is 0 Å². The van der Waals surface area contributed by atoms with Gasteiger partial charge in [-0.05, 0) is 55.0 Å². The van der Waals surface area contributed by atoms with E-state index in [2.05, 4.69) is 22.0 Å². The molecule has 0 heterocycles. The Kier molecular flexibility index (Phi) is 2.87. The number of nitrogens with two attached hydrogens (primary N) is 1. The van der Waals surface area contributed by atoms with E-state index in [0.717, 1.165) is 22.5 Å². The van der Waals surface area contributed by atoms with Crippen LogP contribution in [0.5, 0.6) is 0 Å². The van der Waals surface area contributed by atoms with Crippen LogP contribution in [0.3, 0.4) is 0 Å². The fourth-order valence-electron chi connectivity index (χ4n) is 1.78. The van der Waals surface area contributed by atoms with Crippen LogP contribution in [0.1, 0.15) is 18.4 Å². The topological polar surface area (TPSA) is 26.0 Å². The van der Waals surface area contributed by atoms with E-state index in [1.165, 1.54) is 18.4 Å². The second kappa shape index (κ2) is 3.84. The molecule has 1 saturated carbocycles. The highest BCUT2D eigenvalue weighted by Crippen LogP contribution is 2.47. The Hall–Kier alpha value is -0.0500. The molecular weight excluding hydrogens is 261 g/mol. The summed E-state index contributed by atoms with van der Waals surface area (Å²) in [7, 11) is 0. The van der Waals surface area contributed by atoms with Crippen LogP contribution in [0.2, 0.25) is 5.02 Å². The van der Waals surface area contributed by atoms with Crippen LogP contribution in [-0.2, 0) is 6.42 Å². The van der Waals surface area contributed by atoms with Gasteiger partial charge in [-0.15, -0.1) is 0 Å². The highest BCUT2D eigenvalue weighted by Gasteiger charge is 2.40. The van der Waals surface area contributed by atoms with E-state index < -0.39 is 0 Å². The molecule has 2 rings (SSSR count). The molecule has 2 N–H and O–H groups in total. The predicted molar refractivity (Wildman–Crippen MR) is 63.6 cm³/mol. The minimum absolute atomic E-state index is 0.379. The van der Waals surface area contributed by atoms with Crippen LogP contribution in [0, 0.1) is 5.41 Å². The van der Waals surface area contributed by atoms with Crippen molar-refractivity contribution in [2.24, 2.45) is 11.1 Å². The molecule has 0 aliphatic heterocycles. The van der Waals surface area contributed by atoms with Gasteiger partial charge in [-0.3, -0.25) is 0 Å². The molecule has 1 fully saturated rings. The zero-order chi connectivity index (χ0) is 10.2. The zero-order valence-electron chi connectivity index (χ0n) is 7.89. The Labute approximate surface area is 97.8 Å². The van der Waals surface area contributed by atoms with Crippen LogP contribution in [-0.4, -0.2) is 6.54 Å². The molecule has 1 aliphatic carbocycles. The lowest BCUT2D eigenvalue weighted by atomic mass is 9.97. The molecule has 0 atom stereocenters. The van der Waals surface area contributed by atoms with Gasteiger partial charge in [0.05, 0.1) is 0 Å². The van der Waals surface area contributed by atoms with Gasteiger partial charge in [0.15, 0.2) is 0 Å². The number of rotatable bonds is 3. The summed E-state index contributed by atoms with van der Waals surface area (Å²) in [5.41, 5.74) is 7.41. The Morgan fingerprint density at radius 3 is 2.57 bits per heavy atom. The first-order valence-corrected chi connectivity index (χ1v) is 5.96. The molecule has 1 aliphatic rings. The van der Waals surface area contributed by atoms with E-state index in [9.17, 15) is 0 Å². The average molecular weight is 275 g/mol.